The molecular formula is C18H17F3N2. The van der Waals surface area contributed by atoms with Gasteiger partial charge in [0.25, 0.3) is 0 Å². The zero-order valence-electron chi connectivity index (χ0n) is 12.6. The normalized spacial score (nSPS) is 13.4. The highest BCUT2D eigenvalue weighted by molar-refractivity contribution is 5.85. The van der Waals surface area contributed by atoms with Crippen molar-refractivity contribution in [3.05, 3.63) is 70.9 Å². The number of H-pyrrole nitrogens is 1. The van der Waals surface area contributed by atoms with Gasteiger partial charge >= 0.3 is 6.18 Å². The highest BCUT2D eigenvalue weighted by Crippen LogP contribution is 2.33. The molecule has 0 aliphatic carbocycles. The van der Waals surface area contributed by atoms with Crippen molar-refractivity contribution in [3.63, 3.8) is 0 Å². The van der Waals surface area contributed by atoms with Crippen LogP contribution < -0.4 is 5.73 Å². The van der Waals surface area contributed by atoms with Crippen molar-refractivity contribution in [3.8, 4) is 0 Å². The smallest absolute Gasteiger partial charge is 0.361 e. The van der Waals surface area contributed by atoms with Gasteiger partial charge in [-0.05, 0) is 42.3 Å². The molecule has 3 N–H and O–H groups in total. The average molecular weight is 318 g/mol. The monoisotopic (exact) mass is 318 g/mol. The largest absolute Gasteiger partial charge is 0.416 e. The van der Waals surface area contributed by atoms with Crippen LogP contribution in [0.1, 0.15) is 28.2 Å². The van der Waals surface area contributed by atoms with Gasteiger partial charge in [0, 0.05) is 29.6 Å². The fourth-order valence-corrected chi connectivity index (χ4v) is 2.89. The summed E-state index contributed by atoms with van der Waals surface area (Å²) in [6.07, 6.45) is -2.44. The molecule has 1 heterocycles. The quantitative estimate of drug-likeness (QED) is 0.729. The Morgan fingerprint density at radius 3 is 2.39 bits per heavy atom. The number of aromatic nitrogens is 1. The molecule has 120 valence electrons. The lowest BCUT2D eigenvalue weighted by molar-refractivity contribution is -0.137. The summed E-state index contributed by atoms with van der Waals surface area (Å²) in [5.74, 6) is -0.146. The molecule has 3 rings (SSSR count). The maximum absolute atomic E-state index is 12.7. The van der Waals surface area contributed by atoms with Gasteiger partial charge in [-0.1, -0.05) is 23.8 Å². The first-order valence-corrected chi connectivity index (χ1v) is 7.35. The van der Waals surface area contributed by atoms with E-state index in [9.17, 15) is 13.2 Å². The molecule has 1 atom stereocenters. The van der Waals surface area contributed by atoms with E-state index in [2.05, 4.69) is 11.1 Å². The number of fused-ring (bicyclic) bond motifs is 1. The van der Waals surface area contributed by atoms with Crippen LogP contribution in [0.4, 0.5) is 13.2 Å². The molecular weight excluding hydrogens is 301 g/mol. The zero-order valence-corrected chi connectivity index (χ0v) is 12.6. The number of benzene rings is 2. The number of nitrogens with one attached hydrogen (secondary N) is 1. The SMILES string of the molecule is Cc1ccc2[nH]cc([C@H](CN)c3ccc(C(F)(F)F)cc3)c2c1. The fraction of sp³-hybridized carbons (Fsp3) is 0.222. The second-order valence-electron chi connectivity index (χ2n) is 5.70. The molecule has 5 heteroatoms. The minimum absolute atomic E-state index is 0.146. The maximum Gasteiger partial charge on any atom is 0.416 e. The Bertz CT molecular complexity index is 816. The number of hydrogen-bond acceptors (Lipinski definition) is 1. The standard InChI is InChI=1S/C18H17F3N2/c1-11-2-7-17-14(8-11)16(10-23-17)15(9-22)12-3-5-13(6-4-12)18(19,20)21/h2-8,10,15,23H,9,22H2,1H3/t15-/m1/s1. The number of aryl methyl sites for hydroxylation is 1. The molecule has 0 radical (unpaired) electrons. The molecule has 3 aromatic rings. The third kappa shape index (κ3) is 2.97. The Morgan fingerprint density at radius 2 is 1.78 bits per heavy atom. The topological polar surface area (TPSA) is 41.8 Å². The lowest BCUT2D eigenvalue weighted by Crippen LogP contribution is -2.14. The van der Waals surface area contributed by atoms with E-state index in [-0.39, 0.29) is 5.92 Å². The highest BCUT2D eigenvalue weighted by Gasteiger charge is 2.30. The molecule has 0 aliphatic rings. The fourth-order valence-electron chi connectivity index (χ4n) is 2.89. The summed E-state index contributed by atoms with van der Waals surface area (Å²) in [4.78, 5) is 3.20. The van der Waals surface area contributed by atoms with E-state index in [1.807, 2.05) is 25.3 Å². The van der Waals surface area contributed by atoms with Crippen molar-refractivity contribution >= 4 is 10.9 Å². The molecule has 0 bridgehead atoms. The summed E-state index contributed by atoms with van der Waals surface area (Å²) in [6.45, 7) is 2.33. The van der Waals surface area contributed by atoms with Gasteiger partial charge in [-0.15, -0.1) is 0 Å². The summed E-state index contributed by atoms with van der Waals surface area (Å²) in [5.41, 5.74) is 9.18. The highest BCUT2D eigenvalue weighted by atomic mass is 19.4. The number of hydrogen-bond donors (Lipinski definition) is 2. The van der Waals surface area contributed by atoms with Crippen LogP contribution in [0.5, 0.6) is 0 Å². The molecule has 0 aliphatic heterocycles. The van der Waals surface area contributed by atoms with Crippen LogP contribution in [0, 0.1) is 6.92 Å². The second kappa shape index (κ2) is 5.74. The van der Waals surface area contributed by atoms with E-state index in [1.54, 1.807) is 0 Å². The van der Waals surface area contributed by atoms with Crippen LogP contribution >= 0.6 is 0 Å². The maximum atomic E-state index is 12.7. The molecule has 0 fully saturated rings. The Hall–Kier alpha value is -2.27. The zero-order chi connectivity index (χ0) is 16.6. The van der Waals surface area contributed by atoms with Gasteiger partial charge in [-0.25, -0.2) is 0 Å². The molecule has 23 heavy (non-hydrogen) atoms. The van der Waals surface area contributed by atoms with Crippen molar-refractivity contribution in [1.29, 1.82) is 0 Å². The van der Waals surface area contributed by atoms with Crippen molar-refractivity contribution in [2.75, 3.05) is 6.54 Å². The van der Waals surface area contributed by atoms with Crippen LogP contribution in [0.25, 0.3) is 10.9 Å². The molecule has 2 aromatic carbocycles. The van der Waals surface area contributed by atoms with Crippen molar-refractivity contribution in [2.45, 2.75) is 19.0 Å². The predicted molar refractivity (Wildman–Crippen MR) is 85.4 cm³/mol. The molecule has 2 nitrogen and oxygen atoms in total. The Labute approximate surface area is 132 Å². The number of halogens is 3. The molecule has 0 saturated carbocycles. The molecule has 1 aromatic heterocycles. The van der Waals surface area contributed by atoms with Crippen LogP contribution in [0.15, 0.2) is 48.7 Å². The third-order valence-electron chi connectivity index (χ3n) is 4.12. The first kappa shape index (κ1) is 15.6. The van der Waals surface area contributed by atoms with Crippen molar-refractivity contribution in [2.24, 2.45) is 5.73 Å². The van der Waals surface area contributed by atoms with Gasteiger partial charge in [0.05, 0.1) is 5.56 Å². The summed E-state index contributed by atoms with van der Waals surface area (Å²) >= 11 is 0. The number of nitrogens with two attached hydrogens (primary N) is 1. The lowest BCUT2D eigenvalue weighted by atomic mass is 9.90. The molecule has 0 spiro atoms. The minimum Gasteiger partial charge on any atom is -0.361 e. The summed E-state index contributed by atoms with van der Waals surface area (Å²) in [6, 6.07) is 11.3. The van der Waals surface area contributed by atoms with Crippen LogP contribution in [-0.2, 0) is 6.18 Å². The lowest BCUT2D eigenvalue weighted by Gasteiger charge is -2.16. The minimum atomic E-state index is -4.32. The Morgan fingerprint density at radius 1 is 1.09 bits per heavy atom. The third-order valence-corrected chi connectivity index (χ3v) is 4.12. The van der Waals surface area contributed by atoms with E-state index in [1.165, 1.54) is 12.1 Å². The summed E-state index contributed by atoms with van der Waals surface area (Å²) in [5, 5.41) is 1.06. The van der Waals surface area contributed by atoms with E-state index >= 15 is 0 Å². The average Bonchev–Trinajstić information content (AvgIpc) is 2.91. The molecule has 0 amide bonds. The Kier molecular flexibility index (Phi) is 3.90. The van der Waals surface area contributed by atoms with E-state index < -0.39 is 11.7 Å². The number of alkyl halides is 3. The van der Waals surface area contributed by atoms with Crippen LogP contribution in [0.3, 0.4) is 0 Å². The van der Waals surface area contributed by atoms with Gasteiger partial charge < -0.3 is 10.7 Å². The number of aromatic amines is 1. The summed E-state index contributed by atoms with van der Waals surface area (Å²) < 4.78 is 38.1. The van der Waals surface area contributed by atoms with Crippen LogP contribution in [0.2, 0.25) is 0 Å². The van der Waals surface area contributed by atoms with Crippen molar-refractivity contribution in [1.82, 2.24) is 4.98 Å². The Balaban J connectivity index is 2.03. The van der Waals surface area contributed by atoms with Gasteiger partial charge in [0.15, 0.2) is 0 Å². The van der Waals surface area contributed by atoms with E-state index in [4.69, 9.17) is 5.73 Å². The van der Waals surface area contributed by atoms with Gasteiger partial charge in [0.1, 0.15) is 0 Å². The second-order valence-corrected chi connectivity index (χ2v) is 5.70. The van der Waals surface area contributed by atoms with E-state index in [0.717, 1.165) is 39.7 Å². The first-order valence-electron chi connectivity index (χ1n) is 7.35. The van der Waals surface area contributed by atoms with Gasteiger partial charge in [-0.2, -0.15) is 13.2 Å². The van der Waals surface area contributed by atoms with E-state index in [0.29, 0.717) is 6.54 Å². The number of rotatable bonds is 3. The molecule has 0 unspecified atom stereocenters. The van der Waals surface area contributed by atoms with Gasteiger partial charge in [-0.3, -0.25) is 0 Å². The summed E-state index contributed by atoms with van der Waals surface area (Å²) in [7, 11) is 0. The van der Waals surface area contributed by atoms with Crippen LogP contribution in [-0.4, -0.2) is 11.5 Å². The first-order chi connectivity index (χ1) is 10.9. The predicted octanol–water partition coefficient (Wildman–Crippen LogP) is 4.59. The van der Waals surface area contributed by atoms with Gasteiger partial charge in [0.2, 0.25) is 0 Å². The van der Waals surface area contributed by atoms with Crippen molar-refractivity contribution < 1.29 is 13.2 Å². The molecule has 0 saturated heterocycles.